The van der Waals surface area contributed by atoms with Gasteiger partial charge in [-0.1, -0.05) is 36.0 Å². The number of aryl methyl sites for hydroxylation is 1. The summed E-state index contributed by atoms with van der Waals surface area (Å²) in [6.07, 6.45) is 0. The van der Waals surface area contributed by atoms with E-state index in [0.717, 1.165) is 22.2 Å². The van der Waals surface area contributed by atoms with Gasteiger partial charge in [0.05, 0.1) is 11.2 Å². The number of hydrogen-bond acceptors (Lipinski definition) is 4. The van der Waals surface area contributed by atoms with Crippen LogP contribution >= 0.6 is 11.8 Å². The molecule has 0 spiro atoms. The van der Waals surface area contributed by atoms with Crippen LogP contribution in [0.4, 0.5) is 5.95 Å². The maximum Gasteiger partial charge on any atom is 0.230 e. The first-order valence-electron chi connectivity index (χ1n) is 6.99. The number of aromatic nitrogens is 2. The van der Waals surface area contributed by atoms with Gasteiger partial charge in [0.2, 0.25) is 11.9 Å². The van der Waals surface area contributed by atoms with E-state index < -0.39 is 0 Å². The fourth-order valence-corrected chi connectivity index (χ4v) is 3.87. The summed E-state index contributed by atoms with van der Waals surface area (Å²) in [4.78, 5) is 22.8. The van der Waals surface area contributed by atoms with Crippen LogP contribution in [0.2, 0.25) is 0 Å². The fraction of sp³-hybridized carbons (Fsp3) is 0.118. The van der Waals surface area contributed by atoms with Gasteiger partial charge in [0.25, 0.3) is 0 Å². The van der Waals surface area contributed by atoms with Crippen LogP contribution in [-0.4, -0.2) is 15.9 Å². The Morgan fingerprint density at radius 2 is 1.95 bits per heavy atom. The lowest BCUT2D eigenvalue weighted by atomic mass is 10.0. The highest BCUT2D eigenvalue weighted by atomic mass is 32.2. The van der Waals surface area contributed by atoms with Crippen LogP contribution in [0.3, 0.4) is 0 Å². The SMILES string of the molecule is CC(=O)Nc1nc2c3c(c(C)ccc3n1)Sc1ccccc1-2. The Kier molecular flexibility index (Phi) is 2.90. The fourth-order valence-electron chi connectivity index (χ4n) is 2.70. The van der Waals surface area contributed by atoms with E-state index in [-0.39, 0.29) is 5.91 Å². The maximum absolute atomic E-state index is 11.3. The molecule has 0 unspecified atom stereocenters. The van der Waals surface area contributed by atoms with E-state index in [1.54, 1.807) is 11.8 Å². The van der Waals surface area contributed by atoms with Crippen molar-refractivity contribution in [3.8, 4) is 11.3 Å². The molecule has 22 heavy (non-hydrogen) atoms. The third kappa shape index (κ3) is 1.97. The van der Waals surface area contributed by atoms with E-state index in [1.165, 1.54) is 22.3 Å². The predicted molar refractivity (Wildman–Crippen MR) is 88.1 cm³/mol. The van der Waals surface area contributed by atoms with Crippen LogP contribution in [0, 0.1) is 6.92 Å². The number of rotatable bonds is 1. The zero-order valence-electron chi connectivity index (χ0n) is 12.2. The summed E-state index contributed by atoms with van der Waals surface area (Å²) in [5.74, 6) is 0.184. The van der Waals surface area contributed by atoms with Gasteiger partial charge in [0, 0.05) is 27.7 Å². The topological polar surface area (TPSA) is 54.9 Å². The first-order valence-corrected chi connectivity index (χ1v) is 7.81. The normalized spacial score (nSPS) is 12.1. The van der Waals surface area contributed by atoms with Crippen LogP contribution in [0.1, 0.15) is 12.5 Å². The molecular weight excluding hydrogens is 294 g/mol. The van der Waals surface area contributed by atoms with Crippen molar-refractivity contribution in [2.75, 3.05) is 5.32 Å². The molecule has 0 fully saturated rings. The molecule has 4 rings (SSSR count). The lowest BCUT2D eigenvalue weighted by Crippen LogP contribution is -2.11. The molecule has 0 atom stereocenters. The number of carbonyl (C=O) groups excluding carboxylic acids is 1. The summed E-state index contributed by atoms with van der Waals surface area (Å²) in [7, 11) is 0. The molecule has 0 saturated heterocycles. The van der Waals surface area contributed by atoms with Crippen molar-refractivity contribution in [3.63, 3.8) is 0 Å². The number of amides is 1. The van der Waals surface area contributed by atoms with E-state index in [1.807, 2.05) is 18.2 Å². The van der Waals surface area contributed by atoms with Gasteiger partial charge in [-0.2, -0.15) is 0 Å². The second kappa shape index (κ2) is 4.81. The monoisotopic (exact) mass is 307 g/mol. The summed E-state index contributed by atoms with van der Waals surface area (Å²) in [5.41, 5.74) is 4.05. The van der Waals surface area contributed by atoms with Crippen molar-refractivity contribution in [1.82, 2.24) is 9.97 Å². The number of benzene rings is 2. The van der Waals surface area contributed by atoms with E-state index in [4.69, 9.17) is 0 Å². The Labute approximate surface area is 132 Å². The first kappa shape index (κ1) is 13.3. The lowest BCUT2D eigenvalue weighted by Gasteiger charge is -2.21. The van der Waals surface area contributed by atoms with Gasteiger partial charge in [0.15, 0.2) is 0 Å². The summed E-state index contributed by atoms with van der Waals surface area (Å²) >= 11 is 1.75. The molecule has 0 bridgehead atoms. The number of anilines is 1. The van der Waals surface area contributed by atoms with Crippen molar-refractivity contribution in [1.29, 1.82) is 0 Å². The molecule has 0 radical (unpaired) electrons. The largest absolute Gasteiger partial charge is 0.295 e. The Hall–Kier alpha value is -2.40. The van der Waals surface area contributed by atoms with Gasteiger partial charge in [-0.3, -0.25) is 10.1 Å². The van der Waals surface area contributed by atoms with E-state index in [0.29, 0.717) is 5.95 Å². The minimum atomic E-state index is -0.169. The van der Waals surface area contributed by atoms with Crippen LogP contribution in [0.5, 0.6) is 0 Å². The smallest absolute Gasteiger partial charge is 0.230 e. The number of nitrogens with one attached hydrogen (secondary N) is 1. The molecule has 108 valence electrons. The minimum absolute atomic E-state index is 0.169. The van der Waals surface area contributed by atoms with Crippen molar-refractivity contribution in [3.05, 3.63) is 42.0 Å². The summed E-state index contributed by atoms with van der Waals surface area (Å²) in [5, 5.41) is 3.76. The number of nitrogens with zero attached hydrogens (tertiary/aromatic N) is 2. The third-order valence-corrected chi connectivity index (χ3v) is 4.96. The van der Waals surface area contributed by atoms with Crippen LogP contribution in [-0.2, 0) is 4.79 Å². The van der Waals surface area contributed by atoms with Crippen molar-refractivity contribution in [2.45, 2.75) is 23.6 Å². The van der Waals surface area contributed by atoms with Gasteiger partial charge in [-0.25, -0.2) is 9.97 Å². The summed E-state index contributed by atoms with van der Waals surface area (Å²) < 4.78 is 0. The van der Waals surface area contributed by atoms with Crippen LogP contribution in [0.15, 0.2) is 46.2 Å². The molecule has 0 saturated carbocycles. The average molecular weight is 307 g/mol. The van der Waals surface area contributed by atoms with Gasteiger partial charge >= 0.3 is 0 Å². The molecule has 1 amide bonds. The van der Waals surface area contributed by atoms with E-state index in [9.17, 15) is 4.79 Å². The summed E-state index contributed by atoms with van der Waals surface area (Å²) in [6, 6.07) is 12.2. The van der Waals surface area contributed by atoms with Gasteiger partial charge < -0.3 is 0 Å². The van der Waals surface area contributed by atoms with E-state index >= 15 is 0 Å². The molecule has 3 aromatic rings. The molecule has 0 aliphatic carbocycles. The van der Waals surface area contributed by atoms with Crippen molar-refractivity contribution < 1.29 is 4.79 Å². The Balaban J connectivity index is 2.09. The average Bonchev–Trinajstić information content (AvgIpc) is 2.50. The Morgan fingerprint density at radius 3 is 2.77 bits per heavy atom. The highest BCUT2D eigenvalue weighted by Crippen LogP contribution is 2.47. The Morgan fingerprint density at radius 1 is 1.14 bits per heavy atom. The molecular formula is C17H13N3OS. The number of carbonyl (C=O) groups is 1. The predicted octanol–water partition coefficient (Wildman–Crippen LogP) is 4.03. The minimum Gasteiger partial charge on any atom is -0.295 e. The molecule has 2 aromatic carbocycles. The highest BCUT2D eigenvalue weighted by molar-refractivity contribution is 7.99. The number of fused-ring (bicyclic) bond motifs is 2. The van der Waals surface area contributed by atoms with Gasteiger partial charge in [-0.15, -0.1) is 0 Å². The molecule has 1 N–H and O–H groups in total. The molecule has 4 nitrogen and oxygen atoms in total. The Bertz CT molecular complexity index is 937. The molecule has 1 aliphatic heterocycles. The zero-order valence-corrected chi connectivity index (χ0v) is 13.0. The second-order valence-corrected chi connectivity index (χ2v) is 6.33. The van der Waals surface area contributed by atoms with Crippen LogP contribution in [0.25, 0.3) is 22.2 Å². The quantitative estimate of drug-likeness (QED) is 0.577. The second-order valence-electron chi connectivity index (χ2n) is 5.28. The molecule has 1 aliphatic rings. The van der Waals surface area contributed by atoms with E-state index in [2.05, 4.69) is 40.4 Å². The van der Waals surface area contributed by atoms with Crippen molar-refractivity contribution >= 4 is 34.5 Å². The zero-order chi connectivity index (χ0) is 15.3. The first-order chi connectivity index (χ1) is 10.6. The molecule has 1 aromatic heterocycles. The summed E-state index contributed by atoms with van der Waals surface area (Å²) in [6.45, 7) is 3.56. The molecule has 2 heterocycles. The molecule has 5 heteroatoms. The number of hydrogen-bond donors (Lipinski definition) is 1. The lowest BCUT2D eigenvalue weighted by molar-refractivity contribution is -0.114. The van der Waals surface area contributed by atoms with Gasteiger partial charge in [-0.05, 0) is 24.6 Å². The maximum atomic E-state index is 11.3. The standard InChI is InChI=1S/C17H13N3OS/c1-9-7-8-12-14-15(20-17(19-12)18-10(2)21)11-5-3-4-6-13(11)22-16(9)14/h3-8H,1-2H3,(H,18,19,20,21). The third-order valence-electron chi connectivity index (χ3n) is 3.66. The van der Waals surface area contributed by atoms with Gasteiger partial charge in [0.1, 0.15) is 0 Å². The highest BCUT2D eigenvalue weighted by Gasteiger charge is 2.23. The van der Waals surface area contributed by atoms with Crippen LogP contribution < -0.4 is 5.32 Å². The van der Waals surface area contributed by atoms with Crippen molar-refractivity contribution in [2.24, 2.45) is 0 Å².